The molecular formula is C23H31NO3S. The summed E-state index contributed by atoms with van der Waals surface area (Å²) in [5, 5.41) is 0. The Bertz CT molecular complexity index is 741. The largest absolute Gasteiger partial charge is 0.465 e. The van der Waals surface area contributed by atoms with E-state index in [-0.39, 0.29) is 17.9 Å². The second-order valence-corrected chi connectivity index (χ2v) is 8.40. The van der Waals surface area contributed by atoms with Gasteiger partial charge in [-0.15, -0.1) is 23.2 Å². The van der Waals surface area contributed by atoms with Gasteiger partial charge in [0.05, 0.1) is 13.2 Å². The van der Waals surface area contributed by atoms with Crippen LogP contribution >= 0.6 is 11.3 Å². The molecule has 1 aliphatic heterocycles. The normalized spacial score (nSPS) is 17.6. The van der Waals surface area contributed by atoms with Gasteiger partial charge >= 0.3 is 5.97 Å². The lowest BCUT2D eigenvalue weighted by molar-refractivity contribution is -0.128. The van der Waals surface area contributed by atoms with Gasteiger partial charge in [0.2, 0.25) is 5.91 Å². The molecule has 1 aromatic rings. The molecule has 0 spiro atoms. The summed E-state index contributed by atoms with van der Waals surface area (Å²) in [7, 11) is 1.40. The number of carbonyl (C=O) groups excluding carboxylic acids is 2. The molecule has 152 valence electrons. The number of rotatable bonds is 9. The van der Waals surface area contributed by atoms with Crippen LogP contribution in [0.25, 0.3) is 0 Å². The summed E-state index contributed by atoms with van der Waals surface area (Å²) in [5.74, 6) is 6.84. The highest BCUT2D eigenvalue weighted by Crippen LogP contribution is 2.23. The molecule has 0 aromatic carbocycles. The average molecular weight is 402 g/mol. The van der Waals surface area contributed by atoms with E-state index in [1.807, 2.05) is 17.0 Å². The van der Waals surface area contributed by atoms with Crippen molar-refractivity contribution in [1.29, 1.82) is 0 Å². The Morgan fingerprint density at radius 2 is 2.25 bits per heavy atom. The number of amides is 1. The molecule has 1 aliphatic rings. The smallest absolute Gasteiger partial charge is 0.348 e. The maximum Gasteiger partial charge on any atom is 0.348 e. The molecule has 2 atom stereocenters. The second kappa shape index (κ2) is 11.7. The van der Waals surface area contributed by atoms with Gasteiger partial charge in [0.15, 0.2) is 0 Å². The zero-order valence-electron chi connectivity index (χ0n) is 17.2. The highest BCUT2D eigenvalue weighted by molar-refractivity contribution is 7.13. The Hall–Kier alpha value is -2.06. The molecule has 28 heavy (non-hydrogen) atoms. The summed E-state index contributed by atoms with van der Waals surface area (Å²) in [4.78, 5) is 27.6. The summed E-state index contributed by atoms with van der Waals surface area (Å²) < 4.78 is 4.75. The Kier molecular flexibility index (Phi) is 9.30. The van der Waals surface area contributed by atoms with Gasteiger partial charge in [-0.3, -0.25) is 4.79 Å². The first kappa shape index (κ1) is 22.2. The lowest BCUT2D eigenvalue weighted by Crippen LogP contribution is -2.32. The number of methoxy groups -OCH3 is 1. The van der Waals surface area contributed by atoms with E-state index < -0.39 is 0 Å². The fourth-order valence-electron chi connectivity index (χ4n) is 3.32. The van der Waals surface area contributed by atoms with Crippen LogP contribution in [0.4, 0.5) is 0 Å². The number of thiophene rings is 1. The summed E-state index contributed by atoms with van der Waals surface area (Å²) in [6.45, 7) is 5.05. The third-order valence-corrected chi connectivity index (χ3v) is 6.02. The number of nitrogens with zero attached hydrogens (tertiary/aromatic N) is 1. The van der Waals surface area contributed by atoms with Crippen molar-refractivity contribution in [2.24, 2.45) is 5.92 Å². The standard InChI is InChI=1S/C23H31NO3S/c1-4-5-6-9-18(2)10-7-11-19-13-16-22(25)24(19)17-8-12-20-14-15-21(28-20)23(26)27-3/h7,11,14-15,18-19H,4,8-10,12-13,16-17H2,1-3H3/b11-7+/t18-,19?/m1/s1. The molecule has 0 saturated carbocycles. The van der Waals surface area contributed by atoms with Gasteiger partial charge in [0.25, 0.3) is 0 Å². The van der Waals surface area contributed by atoms with Crippen molar-refractivity contribution >= 4 is 23.2 Å². The molecule has 4 nitrogen and oxygen atoms in total. The summed E-state index contributed by atoms with van der Waals surface area (Å²) >= 11 is 1.47. The van der Waals surface area contributed by atoms with Crippen molar-refractivity contribution in [2.75, 3.05) is 13.7 Å². The number of aryl methyl sites for hydroxylation is 1. The Morgan fingerprint density at radius 1 is 1.43 bits per heavy atom. The SMILES string of the molecule is CCC#CC[C@@H](C)C/C=C/C1CCC(=O)N1CCCc1ccc(C(=O)OC)s1. The van der Waals surface area contributed by atoms with Gasteiger partial charge in [-0.1, -0.05) is 26.0 Å². The van der Waals surface area contributed by atoms with Crippen LogP contribution in [-0.2, 0) is 16.0 Å². The molecule has 1 saturated heterocycles. The maximum atomic E-state index is 12.2. The number of ether oxygens (including phenoxy) is 1. The Labute approximate surface area is 173 Å². The van der Waals surface area contributed by atoms with Gasteiger partial charge < -0.3 is 9.64 Å². The molecule has 0 aliphatic carbocycles. The fourth-order valence-corrected chi connectivity index (χ4v) is 4.28. The van der Waals surface area contributed by atoms with E-state index in [0.717, 1.165) is 49.9 Å². The minimum Gasteiger partial charge on any atom is -0.465 e. The lowest BCUT2D eigenvalue weighted by atomic mass is 10.0. The summed E-state index contributed by atoms with van der Waals surface area (Å²) in [5.41, 5.74) is 0. The van der Waals surface area contributed by atoms with Gasteiger partial charge in [0, 0.05) is 30.7 Å². The molecule has 2 heterocycles. The number of carbonyl (C=O) groups is 2. The number of likely N-dealkylation sites (tertiary alicyclic amines) is 1. The van der Waals surface area contributed by atoms with Crippen LogP contribution in [0.1, 0.15) is 66.9 Å². The van der Waals surface area contributed by atoms with Gasteiger partial charge in [-0.05, 0) is 43.7 Å². The van der Waals surface area contributed by atoms with Crippen LogP contribution in [0.5, 0.6) is 0 Å². The van der Waals surface area contributed by atoms with Crippen LogP contribution in [0.3, 0.4) is 0 Å². The number of hydrogen-bond acceptors (Lipinski definition) is 4. The molecule has 1 fully saturated rings. The van der Waals surface area contributed by atoms with Crippen LogP contribution < -0.4 is 0 Å². The van der Waals surface area contributed by atoms with Gasteiger partial charge in [0.1, 0.15) is 4.88 Å². The summed E-state index contributed by atoms with van der Waals surface area (Å²) in [6, 6.07) is 4.00. The van der Waals surface area contributed by atoms with Crippen molar-refractivity contribution in [3.8, 4) is 11.8 Å². The van der Waals surface area contributed by atoms with E-state index in [4.69, 9.17) is 4.74 Å². The third kappa shape index (κ3) is 6.83. The van der Waals surface area contributed by atoms with Gasteiger partial charge in [-0.2, -0.15) is 0 Å². The van der Waals surface area contributed by atoms with E-state index >= 15 is 0 Å². The average Bonchev–Trinajstić information content (AvgIpc) is 3.29. The van der Waals surface area contributed by atoms with E-state index in [1.54, 1.807) is 0 Å². The van der Waals surface area contributed by atoms with Crippen molar-refractivity contribution in [2.45, 2.75) is 64.8 Å². The quantitative estimate of drug-likeness (QED) is 0.338. The predicted molar refractivity (Wildman–Crippen MR) is 114 cm³/mol. The third-order valence-electron chi connectivity index (χ3n) is 4.89. The molecule has 0 radical (unpaired) electrons. The summed E-state index contributed by atoms with van der Waals surface area (Å²) in [6.07, 6.45) is 10.6. The highest BCUT2D eigenvalue weighted by Gasteiger charge is 2.28. The molecule has 0 bridgehead atoms. The lowest BCUT2D eigenvalue weighted by Gasteiger charge is -2.22. The van der Waals surface area contributed by atoms with E-state index in [0.29, 0.717) is 17.2 Å². The van der Waals surface area contributed by atoms with Crippen molar-refractivity contribution in [3.63, 3.8) is 0 Å². The molecular weight excluding hydrogens is 370 g/mol. The van der Waals surface area contributed by atoms with Crippen molar-refractivity contribution < 1.29 is 14.3 Å². The number of esters is 1. The number of hydrogen-bond donors (Lipinski definition) is 0. The number of allylic oxidation sites excluding steroid dienone is 1. The minimum absolute atomic E-state index is 0.218. The molecule has 1 aromatic heterocycles. The zero-order chi connectivity index (χ0) is 20.4. The molecule has 1 unspecified atom stereocenters. The van der Waals surface area contributed by atoms with Crippen molar-refractivity contribution in [3.05, 3.63) is 34.0 Å². The Morgan fingerprint density at radius 3 is 3.00 bits per heavy atom. The topological polar surface area (TPSA) is 46.6 Å². The van der Waals surface area contributed by atoms with Crippen molar-refractivity contribution in [1.82, 2.24) is 4.90 Å². The first-order valence-corrected chi connectivity index (χ1v) is 11.0. The zero-order valence-corrected chi connectivity index (χ0v) is 18.0. The molecule has 2 rings (SSSR count). The van der Waals surface area contributed by atoms with E-state index in [2.05, 4.69) is 37.8 Å². The maximum absolute atomic E-state index is 12.2. The van der Waals surface area contributed by atoms with Crippen LogP contribution in [-0.4, -0.2) is 36.5 Å². The predicted octanol–water partition coefficient (Wildman–Crippen LogP) is 4.84. The molecule has 0 N–H and O–H groups in total. The van der Waals surface area contributed by atoms with Crippen LogP contribution in [0.2, 0.25) is 0 Å². The second-order valence-electron chi connectivity index (χ2n) is 7.23. The first-order chi connectivity index (χ1) is 13.5. The minimum atomic E-state index is -0.286. The van der Waals surface area contributed by atoms with Gasteiger partial charge in [-0.25, -0.2) is 4.79 Å². The monoisotopic (exact) mass is 401 g/mol. The van der Waals surface area contributed by atoms with E-state index in [1.165, 1.54) is 18.4 Å². The molecule has 1 amide bonds. The van der Waals surface area contributed by atoms with E-state index in [9.17, 15) is 9.59 Å². The Balaban J connectivity index is 1.79. The highest BCUT2D eigenvalue weighted by atomic mass is 32.1. The van der Waals surface area contributed by atoms with Crippen LogP contribution in [0.15, 0.2) is 24.3 Å². The van der Waals surface area contributed by atoms with Crippen LogP contribution in [0, 0.1) is 17.8 Å². The first-order valence-electron chi connectivity index (χ1n) is 10.1. The fraction of sp³-hybridized carbons (Fsp3) is 0.565. The molecule has 5 heteroatoms.